The van der Waals surface area contributed by atoms with Gasteiger partial charge < -0.3 is 4.90 Å². The van der Waals surface area contributed by atoms with Crippen molar-refractivity contribution in [3.05, 3.63) is 42.2 Å². The second kappa shape index (κ2) is 6.32. The van der Waals surface area contributed by atoms with Crippen LogP contribution in [-0.4, -0.2) is 44.5 Å². The van der Waals surface area contributed by atoms with Gasteiger partial charge in [0.05, 0.1) is 2.74 Å². The molecule has 1 amide bonds. The van der Waals surface area contributed by atoms with Gasteiger partial charge in [0.15, 0.2) is 5.82 Å². The number of nitrogens with zero attached hydrogens (tertiary/aromatic N) is 4. The second-order valence-corrected chi connectivity index (χ2v) is 5.33. The molecule has 6 heteroatoms. The van der Waals surface area contributed by atoms with E-state index in [-0.39, 0.29) is 0 Å². The zero-order valence-electron chi connectivity index (χ0n) is 14.2. The maximum Gasteiger partial charge on any atom is 0.237 e. The molecule has 0 bridgehead atoms. The number of hydrogen-bond donors (Lipinski definition) is 0. The van der Waals surface area contributed by atoms with Gasteiger partial charge in [0, 0.05) is 25.7 Å². The average Bonchev–Trinajstić information content (AvgIpc) is 3.00. The minimum atomic E-state index is -2.34. The third kappa shape index (κ3) is 3.04. The molecular weight excluding hydrogens is 300 g/mol. The molecule has 1 aromatic heterocycles. The molecular formula is C16H17ClN4O. The van der Waals surface area contributed by atoms with Crippen molar-refractivity contribution >= 4 is 23.1 Å². The largest absolute Gasteiger partial charge is 0.338 e. The molecule has 2 heterocycles. The Morgan fingerprint density at radius 3 is 2.64 bits per heavy atom. The summed E-state index contributed by atoms with van der Waals surface area (Å²) >= 11 is 5.46. The number of halogens is 1. The summed E-state index contributed by atoms with van der Waals surface area (Å²) in [7, 11) is 1.83. The number of alkyl halides is 1. The number of aryl methyl sites for hydroxylation is 1. The quantitative estimate of drug-likeness (QED) is 0.816. The summed E-state index contributed by atoms with van der Waals surface area (Å²) in [5.41, 5.74) is 3.16. The first-order chi connectivity index (χ1) is 11.3. The summed E-state index contributed by atoms with van der Waals surface area (Å²) < 4.78 is 16.3. The maximum atomic E-state index is 11.8. The molecule has 22 heavy (non-hydrogen) atoms. The summed E-state index contributed by atoms with van der Waals surface area (Å²) in [6, 6.07) is 7.96. The standard InChI is InChI=1S/C16H17ClN4O/c1-20-11-18-16(19-20)14-4-2-12(3-5-14)13-6-8-21(9-7-13)15(22)10-17/h2-6,11H,7-10H2,1H3/i10D2. The number of amides is 1. The fourth-order valence-electron chi connectivity index (χ4n) is 2.48. The fraction of sp³-hybridized carbons (Fsp3) is 0.312. The Morgan fingerprint density at radius 2 is 2.09 bits per heavy atom. The van der Waals surface area contributed by atoms with Gasteiger partial charge in [-0.3, -0.25) is 9.48 Å². The molecule has 2 aromatic rings. The van der Waals surface area contributed by atoms with Gasteiger partial charge in [-0.15, -0.1) is 11.6 Å². The first kappa shape index (κ1) is 12.4. The van der Waals surface area contributed by atoms with E-state index in [1.54, 1.807) is 11.0 Å². The summed E-state index contributed by atoms with van der Waals surface area (Å²) in [6.45, 7) is 0.824. The summed E-state index contributed by atoms with van der Waals surface area (Å²) in [4.78, 5) is 17.5. The van der Waals surface area contributed by atoms with Gasteiger partial charge in [-0.25, -0.2) is 4.98 Å². The van der Waals surface area contributed by atoms with Crippen LogP contribution in [0.4, 0.5) is 0 Å². The van der Waals surface area contributed by atoms with Gasteiger partial charge in [-0.05, 0) is 17.6 Å². The average molecular weight is 319 g/mol. The van der Waals surface area contributed by atoms with Crippen LogP contribution in [-0.2, 0) is 11.8 Å². The molecule has 1 aliphatic heterocycles. The van der Waals surface area contributed by atoms with Crippen LogP contribution < -0.4 is 0 Å². The molecule has 0 N–H and O–H groups in total. The highest BCUT2D eigenvalue weighted by molar-refractivity contribution is 6.27. The number of aromatic nitrogens is 3. The predicted molar refractivity (Wildman–Crippen MR) is 86.3 cm³/mol. The van der Waals surface area contributed by atoms with Crippen LogP contribution in [0.2, 0.25) is 0 Å². The van der Waals surface area contributed by atoms with E-state index in [2.05, 4.69) is 10.1 Å². The topological polar surface area (TPSA) is 51.0 Å². The van der Waals surface area contributed by atoms with Gasteiger partial charge in [-0.2, -0.15) is 5.10 Å². The number of carbonyl (C=O) groups excluding carboxylic acids is 1. The Bertz CT molecular complexity index is 780. The van der Waals surface area contributed by atoms with Gasteiger partial charge in [0.2, 0.25) is 5.91 Å². The van der Waals surface area contributed by atoms with Crippen molar-refractivity contribution in [3.8, 4) is 11.4 Å². The normalized spacial score (nSPS) is 16.8. The molecule has 0 fully saturated rings. The monoisotopic (exact) mass is 318 g/mol. The van der Waals surface area contributed by atoms with Crippen LogP contribution in [0.15, 0.2) is 36.7 Å². The van der Waals surface area contributed by atoms with Gasteiger partial charge >= 0.3 is 0 Å². The predicted octanol–water partition coefficient (Wildman–Crippen LogP) is 2.34. The lowest BCUT2D eigenvalue weighted by atomic mass is 9.98. The third-order valence-corrected chi connectivity index (χ3v) is 3.85. The van der Waals surface area contributed by atoms with Gasteiger partial charge in [0.25, 0.3) is 0 Å². The molecule has 0 spiro atoms. The van der Waals surface area contributed by atoms with E-state index in [9.17, 15) is 4.79 Å². The maximum absolute atomic E-state index is 11.8. The van der Waals surface area contributed by atoms with E-state index in [0.29, 0.717) is 25.3 Å². The summed E-state index contributed by atoms with van der Waals surface area (Å²) in [6.07, 6.45) is 4.27. The molecule has 0 radical (unpaired) electrons. The van der Waals surface area contributed by atoms with Crippen LogP contribution >= 0.6 is 11.6 Å². The highest BCUT2D eigenvalue weighted by Gasteiger charge is 2.17. The van der Waals surface area contributed by atoms with E-state index in [0.717, 1.165) is 16.7 Å². The van der Waals surface area contributed by atoms with Gasteiger partial charge in [0.1, 0.15) is 12.2 Å². The third-order valence-electron chi connectivity index (χ3n) is 3.69. The van der Waals surface area contributed by atoms with Crippen molar-refractivity contribution in [2.45, 2.75) is 6.42 Å². The Morgan fingerprint density at radius 1 is 1.36 bits per heavy atom. The zero-order chi connectivity index (χ0) is 17.3. The van der Waals surface area contributed by atoms with Crippen LogP contribution in [0.1, 0.15) is 14.7 Å². The molecule has 0 saturated carbocycles. The van der Waals surface area contributed by atoms with Crippen LogP contribution in [0.5, 0.6) is 0 Å². The number of hydrogen-bond acceptors (Lipinski definition) is 3. The van der Waals surface area contributed by atoms with Crippen molar-refractivity contribution in [2.75, 3.05) is 18.9 Å². The van der Waals surface area contributed by atoms with E-state index in [1.165, 1.54) is 4.90 Å². The number of carbonyl (C=O) groups is 1. The lowest BCUT2D eigenvalue weighted by Gasteiger charge is -2.26. The van der Waals surface area contributed by atoms with Crippen molar-refractivity contribution in [1.82, 2.24) is 19.7 Å². The highest BCUT2D eigenvalue weighted by Crippen LogP contribution is 2.24. The molecule has 3 rings (SSSR count). The number of benzene rings is 1. The molecule has 1 aromatic carbocycles. The van der Waals surface area contributed by atoms with E-state index >= 15 is 0 Å². The zero-order valence-corrected chi connectivity index (χ0v) is 12.9. The van der Waals surface area contributed by atoms with Crippen molar-refractivity contribution in [3.63, 3.8) is 0 Å². The molecule has 1 aliphatic rings. The smallest absolute Gasteiger partial charge is 0.237 e. The minimum absolute atomic E-state index is 0.365. The lowest BCUT2D eigenvalue weighted by Crippen LogP contribution is -2.35. The van der Waals surface area contributed by atoms with Crippen LogP contribution in [0.25, 0.3) is 17.0 Å². The summed E-state index contributed by atoms with van der Waals surface area (Å²) in [5.74, 6) is -2.35. The lowest BCUT2D eigenvalue weighted by molar-refractivity contribution is -0.128. The molecule has 0 unspecified atom stereocenters. The summed E-state index contributed by atoms with van der Waals surface area (Å²) in [5, 5.41) is 4.27. The van der Waals surface area contributed by atoms with E-state index in [1.807, 2.05) is 37.4 Å². The molecule has 114 valence electrons. The van der Waals surface area contributed by atoms with Gasteiger partial charge in [-0.1, -0.05) is 30.3 Å². The first-order valence-electron chi connectivity index (χ1n) is 7.98. The van der Waals surface area contributed by atoms with E-state index in [4.69, 9.17) is 14.3 Å². The molecule has 0 saturated heterocycles. The minimum Gasteiger partial charge on any atom is -0.338 e. The van der Waals surface area contributed by atoms with Crippen molar-refractivity contribution < 1.29 is 7.54 Å². The molecule has 0 aliphatic carbocycles. The Kier molecular flexibility index (Phi) is 3.56. The van der Waals surface area contributed by atoms with Crippen LogP contribution in [0, 0.1) is 0 Å². The number of rotatable bonds is 3. The van der Waals surface area contributed by atoms with E-state index < -0.39 is 11.7 Å². The Hall–Kier alpha value is -2.14. The van der Waals surface area contributed by atoms with Crippen molar-refractivity contribution in [1.29, 1.82) is 0 Å². The first-order valence-corrected chi connectivity index (χ1v) is 7.36. The second-order valence-electron chi connectivity index (χ2n) is 5.14. The molecule has 0 atom stereocenters. The molecule has 5 nitrogen and oxygen atoms in total. The SMILES string of the molecule is [2H]C([2H])(Cl)C(=O)N1CC=C(c2ccc(-c3ncn(C)n3)cc2)CC1. The van der Waals surface area contributed by atoms with Crippen molar-refractivity contribution in [2.24, 2.45) is 7.05 Å². The van der Waals surface area contributed by atoms with Crippen LogP contribution in [0.3, 0.4) is 0 Å². The Balaban J connectivity index is 1.72. The highest BCUT2D eigenvalue weighted by atomic mass is 35.5. The Labute approximate surface area is 137 Å². The fourth-order valence-corrected chi connectivity index (χ4v) is 2.60.